The zero-order valence-electron chi connectivity index (χ0n) is 7.79. The van der Waals surface area contributed by atoms with Crippen molar-refractivity contribution in [2.45, 2.75) is 19.8 Å². The molecule has 0 unspecified atom stereocenters. The highest BCUT2D eigenvalue weighted by atomic mass is 28.4. The molecule has 0 aliphatic rings. The predicted octanol–water partition coefficient (Wildman–Crippen LogP) is 1.45. The maximum Gasteiger partial charge on any atom is 0.962 e. The van der Waals surface area contributed by atoms with Crippen molar-refractivity contribution in [3.05, 3.63) is 11.1 Å². The van der Waals surface area contributed by atoms with E-state index in [1.807, 2.05) is 0 Å². The molecule has 0 rings (SSSR count). The highest BCUT2D eigenvalue weighted by Gasteiger charge is 2.56. The quantitative estimate of drug-likeness (QED) is 0.360. The number of rotatable bonds is 6. The van der Waals surface area contributed by atoms with Gasteiger partial charge in [-0.2, -0.15) is 0 Å². The van der Waals surface area contributed by atoms with Crippen LogP contribution in [0, 0.1) is 6.57 Å². The van der Waals surface area contributed by atoms with Crippen molar-refractivity contribution < 1.29 is 13.3 Å². The van der Waals surface area contributed by atoms with E-state index in [0.29, 0.717) is 6.61 Å². The van der Waals surface area contributed by atoms with Crippen LogP contribution < -0.4 is 0 Å². The molecule has 0 aliphatic carbocycles. The number of unbranched alkanes of at least 4 members (excludes halogenated alkanes) is 1. The minimum atomic E-state index is -2.96. The summed E-state index contributed by atoms with van der Waals surface area (Å²) in [7, 11) is -0.0747. The fraction of sp³-hybridized carbons (Fsp3) is 0.857. The molecular weight excluding hydrogens is 174 g/mol. The Morgan fingerprint density at radius 2 is 1.92 bits per heavy atom. The molecule has 0 bridgehead atoms. The molecule has 4 nitrogen and oxygen atoms in total. The van der Waals surface area contributed by atoms with Gasteiger partial charge >= 0.3 is 8.97 Å². The average molecular weight is 189 g/mol. The largest absolute Gasteiger partial charge is 0.962 e. The Morgan fingerprint density at radius 1 is 1.33 bits per heavy atom. The van der Waals surface area contributed by atoms with E-state index in [1.54, 1.807) is 0 Å². The van der Waals surface area contributed by atoms with Crippen LogP contribution >= 0.6 is 0 Å². The molecule has 5 heteroatoms. The van der Waals surface area contributed by atoms with Gasteiger partial charge in [0.1, 0.15) is 0 Å². The molecule has 0 saturated heterocycles. The first-order valence-corrected chi connectivity index (χ1v) is 5.54. The van der Waals surface area contributed by atoms with E-state index in [9.17, 15) is 0 Å². The maximum atomic E-state index is 6.86. The van der Waals surface area contributed by atoms with Crippen LogP contribution in [0.25, 0.3) is 4.51 Å². The van der Waals surface area contributed by atoms with Crippen molar-refractivity contribution in [2.75, 3.05) is 20.8 Å². The molecule has 0 aliphatic heterocycles. The summed E-state index contributed by atoms with van der Waals surface area (Å²) < 4.78 is 18.4. The van der Waals surface area contributed by atoms with Gasteiger partial charge in [-0.1, -0.05) is 13.3 Å². The van der Waals surface area contributed by atoms with E-state index >= 15 is 0 Å². The molecule has 0 radical (unpaired) electrons. The molecular formula is C7H15NO3Si. The van der Waals surface area contributed by atoms with Crippen molar-refractivity contribution in [2.24, 2.45) is 0 Å². The first kappa shape index (κ1) is 11.6. The van der Waals surface area contributed by atoms with Crippen LogP contribution in [0.3, 0.4) is 0 Å². The molecule has 0 heterocycles. The predicted molar refractivity (Wildman–Crippen MR) is 47.2 cm³/mol. The molecule has 0 fully saturated rings. The smallest absolute Gasteiger partial charge is 0.336 e. The molecule has 0 aromatic rings. The fourth-order valence-electron chi connectivity index (χ4n) is 0.670. The van der Waals surface area contributed by atoms with E-state index in [4.69, 9.17) is 19.9 Å². The number of hydrogen-bond acceptors (Lipinski definition) is 3. The Balaban J connectivity index is 3.87. The minimum absolute atomic E-state index is 0.535. The molecule has 0 N–H and O–H groups in total. The van der Waals surface area contributed by atoms with Crippen molar-refractivity contribution in [3.8, 4) is 0 Å². The summed E-state index contributed by atoms with van der Waals surface area (Å²) in [6.45, 7) is 9.45. The van der Waals surface area contributed by atoms with E-state index in [1.165, 1.54) is 14.2 Å². The summed E-state index contributed by atoms with van der Waals surface area (Å²) >= 11 is 0. The van der Waals surface area contributed by atoms with Crippen molar-refractivity contribution in [3.63, 3.8) is 0 Å². The van der Waals surface area contributed by atoms with Gasteiger partial charge < -0.3 is 17.8 Å². The molecule has 0 atom stereocenters. The van der Waals surface area contributed by atoms with Crippen LogP contribution in [-0.2, 0) is 13.3 Å². The summed E-state index contributed by atoms with van der Waals surface area (Å²) in [5, 5.41) is 0. The Bertz CT molecular complexity index is 153. The van der Waals surface area contributed by atoms with Crippen LogP contribution in [0.4, 0.5) is 0 Å². The summed E-state index contributed by atoms with van der Waals surface area (Å²) in [6, 6.07) is 0. The lowest BCUT2D eigenvalue weighted by Gasteiger charge is -2.10. The van der Waals surface area contributed by atoms with Gasteiger partial charge in [-0.25, -0.2) is 0 Å². The first-order chi connectivity index (χ1) is 5.74. The lowest BCUT2D eigenvalue weighted by molar-refractivity contribution is 0.110. The normalized spacial score (nSPS) is 11.2. The van der Waals surface area contributed by atoms with E-state index in [2.05, 4.69) is 11.4 Å². The van der Waals surface area contributed by atoms with Gasteiger partial charge in [0.05, 0.1) is 0 Å². The zero-order valence-corrected chi connectivity index (χ0v) is 8.79. The van der Waals surface area contributed by atoms with Gasteiger partial charge in [-0.05, 0) is 6.42 Å². The highest BCUT2D eigenvalue weighted by molar-refractivity contribution is 6.64. The third-order valence-corrected chi connectivity index (χ3v) is 3.31. The monoisotopic (exact) mass is 189 g/mol. The second kappa shape index (κ2) is 6.14. The summed E-state index contributed by atoms with van der Waals surface area (Å²) in [5.74, 6) is 0. The lowest BCUT2D eigenvalue weighted by atomic mass is 10.4. The summed E-state index contributed by atoms with van der Waals surface area (Å²) in [6.07, 6.45) is 1.97. The molecule has 0 saturated carbocycles. The number of hydrogen-bond donors (Lipinski definition) is 0. The third kappa shape index (κ3) is 3.32. The summed E-state index contributed by atoms with van der Waals surface area (Å²) in [4.78, 5) is 0. The standard InChI is InChI=1S/C7H15NO3Si/c1-5-6-7-11-12(8-2,9-3)10-4/h5-7H2,1,3-4H3. The molecule has 0 aromatic heterocycles. The van der Waals surface area contributed by atoms with Crippen molar-refractivity contribution in [1.29, 1.82) is 0 Å². The lowest BCUT2D eigenvalue weighted by Crippen LogP contribution is -2.40. The van der Waals surface area contributed by atoms with Crippen LogP contribution in [0.15, 0.2) is 0 Å². The number of nitrogens with zero attached hydrogens (tertiary/aromatic N) is 1. The van der Waals surface area contributed by atoms with Gasteiger partial charge in [-0.3, -0.25) is 6.57 Å². The van der Waals surface area contributed by atoms with E-state index < -0.39 is 8.97 Å². The van der Waals surface area contributed by atoms with Gasteiger partial charge in [0.15, 0.2) is 0 Å². The van der Waals surface area contributed by atoms with Crippen LogP contribution in [0.1, 0.15) is 19.8 Å². The molecule has 0 amide bonds. The Labute approximate surface area is 74.7 Å². The van der Waals surface area contributed by atoms with Gasteiger partial charge in [0.25, 0.3) is 0 Å². The fourth-order valence-corrected chi connectivity index (χ4v) is 1.72. The van der Waals surface area contributed by atoms with E-state index in [-0.39, 0.29) is 0 Å². The zero-order chi connectivity index (χ0) is 9.45. The molecule has 0 aromatic carbocycles. The SMILES string of the molecule is [C-]#[N+][Si](OC)(OC)OCCCC. The first-order valence-electron chi connectivity index (χ1n) is 3.87. The average Bonchev–Trinajstić information content (AvgIpc) is 2.14. The van der Waals surface area contributed by atoms with Crippen molar-refractivity contribution >= 4 is 8.97 Å². The molecule has 0 spiro atoms. The van der Waals surface area contributed by atoms with E-state index in [0.717, 1.165) is 12.8 Å². The van der Waals surface area contributed by atoms with Gasteiger partial charge in [0.2, 0.25) is 0 Å². The maximum absolute atomic E-state index is 6.86. The highest BCUT2D eigenvalue weighted by Crippen LogP contribution is 2.09. The third-order valence-electron chi connectivity index (χ3n) is 1.44. The Kier molecular flexibility index (Phi) is 5.93. The molecule has 70 valence electrons. The second-order valence-corrected chi connectivity index (χ2v) is 4.62. The Morgan fingerprint density at radius 3 is 2.25 bits per heavy atom. The van der Waals surface area contributed by atoms with Crippen molar-refractivity contribution in [1.82, 2.24) is 0 Å². The van der Waals surface area contributed by atoms with Gasteiger partial charge in [-0.15, -0.1) is 0 Å². The van der Waals surface area contributed by atoms with Crippen LogP contribution in [0.5, 0.6) is 0 Å². The second-order valence-electron chi connectivity index (χ2n) is 2.25. The Hall–Kier alpha value is -0.413. The minimum Gasteiger partial charge on any atom is -0.336 e. The topological polar surface area (TPSA) is 32.0 Å². The molecule has 12 heavy (non-hydrogen) atoms. The van der Waals surface area contributed by atoms with Gasteiger partial charge in [0, 0.05) is 20.8 Å². The summed E-state index contributed by atoms with van der Waals surface area (Å²) in [5.41, 5.74) is 0. The van der Waals surface area contributed by atoms with Crippen LogP contribution in [-0.4, -0.2) is 29.8 Å². The van der Waals surface area contributed by atoms with Crippen LogP contribution in [0.2, 0.25) is 0 Å².